The normalized spacial score (nSPS) is 23.8. The minimum atomic E-state index is -0.0696. The Labute approximate surface area is 180 Å². The van der Waals surface area contributed by atoms with E-state index in [2.05, 4.69) is 5.32 Å². The number of hydrogen-bond acceptors (Lipinski definition) is 3. The molecule has 1 unspecified atom stereocenters. The van der Waals surface area contributed by atoms with E-state index in [9.17, 15) is 9.59 Å². The van der Waals surface area contributed by atoms with Crippen molar-refractivity contribution in [2.45, 2.75) is 43.4 Å². The SMILES string of the molecule is C[N+]1=C2C=C(C(=O)NC3CCCCC3)C=CC2S/C(=C\c2cccc(Cl)c2)C1=O. The van der Waals surface area contributed by atoms with E-state index in [0.29, 0.717) is 15.5 Å². The van der Waals surface area contributed by atoms with Crippen LogP contribution in [0.5, 0.6) is 0 Å². The minimum Gasteiger partial charge on any atom is -0.349 e. The molecule has 1 fully saturated rings. The second-order valence-electron chi connectivity index (χ2n) is 7.66. The first kappa shape index (κ1) is 20.2. The summed E-state index contributed by atoms with van der Waals surface area (Å²) in [4.78, 5) is 26.2. The second-order valence-corrected chi connectivity index (χ2v) is 9.28. The Morgan fingerprint density at radius 1 is 1.28 bits per heavy atom. The Hall–Kier alpha value is -2.11. The fourth-order valence-electron chi connectivity index (χ4n) is 3.94. The van der Waals surface area contributed by atoms with Crippen molar-refractivity contribution in [2.75, 3.05) is 7.05 Å². The Morgan fingerprint density at radius 3 is 2.83 bits per heavy atom. The topological polar surface area (TPSA) is 49.2 Å². The quantitative estimate of drug-likeness (QED) is 0.576. The van der Waals surface area contributed by atoms with E-state index in [0.717, 1.165) is 24.1 Å². The van der Waals surface area contributed by atoms with Gasteiger partial charge in [0.2, 0.25) is 5.71 Å². The van der Waals surface area contributed by atoms with Crippen LogP contribution in [-0.2, 0) is 9.59 Å². The van der Waals surface area contributed by atoms with Crippen molar-refractivity contribution < 1.29 is 14.2 Å². The van der Waals surface area contributed by atoms with Crippen LogP contribution in [0.2, 0.25) is 5.02 Å². The Kier molecular flexibility index (Phi) is 6.07. The Morgan fingerprint density at radius 2 is 2.07 bits per heavy atom. The first-order chi connectivity index (χ1) is 14.0. The van der Waals surface area contributed by atoms with Gasteiger partial charge in [-0.25, -0.2) is 4.79 Å². The number of nitrogens with zero attached hydrogens (tertiary/aromatic N) is 1. The molecule has 0 spiro atoms. The molecule has 4 nitrogen and oxygen atoms in total. The average molecular weight is 428 g/mol. The molecular formula is C23H24ClN2O2S+. The molecule has 1 heterocycles. The van der Waals surface area contributed by atoms with Crippen LogP contribution in [0.25, 0.3) is 6.08 Å². The first-order valence-corrected chi connectivity index (χ1v) is 11.3. The van der Waals surface area contributed by atoms with Gasteiger partial charge < -0.3 is 5.32 Å². The molecule has 0 saturated heterocycles. The van der Waals surface area contributed by atoms with Gasteiger partial charge in [-0.05, 0) is 36.6 Å². The molecule has 150 valence electrons. The Bertz CT molecular complexity index is 971. The van der Waals surface area contributed by atoms with Crippen LogP contribution in [0.15, 0.2) is 53.0 Å². The minimum absolute atomic E-state index is 0.00867. The summed E-state index contributed by atoms with van der Waals surface area (Å²) in [6.45, 7) is 0. The number of likely N-dealkylation sites (N-methyl/N-ethyl adjacent to an activating group) is 1. The fourth-order valence-corrected chi connectivity index (χ4v) is 5.35. The maximum absolute atomic E-state index is 12.9. The van der Waals surface area contributed by atoms with Crippen LogP contribution in [0.1, 0.15) is 37.7 Å². The molecule has 1 aromatic rings. The lowest BCUT2D eigenvalue weighted by atomic mass is 9.95. The molecule has 4 rings (SSSR count). The van der Waals surface area contributed by atoms with E-state index in [1.165, 1.54) is 31.0 Å². The predicted molar refractivity (Wildman–Crippen MR) is 119 cm³/mol. The van der Waals surface area contributed by atoms with Crippen LogP contribution in [0.4, 0.5) is 0 Å². The lowest BCUT2D eigenvalue weighted by Crippen LogP contribution is -2.40. The van der Waals surface area contributed by atoms with Crippen molar-refractivity contribution in [3.05, 3.63) is 63.6 Å². The summed E-state index contributed by atoms with van der Waals surface area (Å²) in [7, 11) is 1.77. The van der Waals surface area contributed by atoms with Crippen LogP contribution in [0.3, 0.4) is 0 Å². The summed E-state index contributed by atoms with van der Waals surface area (Å²) in [5, 5.41) is 3.80. The Balaban J connectivity index is 1.55. The standard InChI is InChI=1S/C23H23ClN2O2S/c1-26-19-14-16(22(27)25-18-8-3-2-4-9-18)10-11-20(19)29-21(23(26)28)13-15-6-5-7-17(24)12-15/h5-7,10-14,18,20H,2-4,8-9H2,1H3/p+1/b21-13-. The number of halogens is 1. The van der Waals surface area contributed by atoms with Gasteiger partial charge in [0.25, 0.3) is 5.91 Å². The molecule has 1 saturated carbocycles. The molecular weight excluding hydrogens is 404 g/mol. The van der Waals surface area contributed by atoms with E-state index >= 15 is 0 Å². The average Bonchev–Trinajstić information content (AvgIpc) is 2.72. The monoisotopic (exact) mass is 427 g/mol. The highest BCUT2D eigenvalue weighted by atomic mass is 35.5. The smallest absolute Gasteiger partial charge is 0.349 e. The van der Waals surface area contributed by atoms with Crippen molar-refractivity contribution in [3.8, 4) is 0 Å². The van der Waals surface area contributed by atoms with Crippen molar-refractivity contribution in [1.82, 2.24) is 5.32 Å². The second kappa shape index (κ2) is 8.72. The van der Waals surface area contributed by atoms with E-state index in [1.807, 2.05) is 48.6 Å². The van der Waals surface area contributed by atoms with Gasteiger partial charge in [-0.1, -0.05) is 66.9 Å². The third kappa shape index (κ3) is 4.57. The summed E-state index contributed by atoms with van der Waals surface area (Å²) in [5.74, 6) is -0.120. The summed E-state index contributed by atoms with van der Waals surface area (Å²) in [5.41, 5.74) is 2.36. The number of allylic oxidation sites excluding steroid dienone is 1. The van der Waals surface area contributed by atoms with Crippen molar-refractivity contribution in [2.24, 2.45) is 0 Å². The van der Waals surface area contributed by atoms with E-state index in [4.69, 9.17) is 11.6 Å². The summed E-state index contributed by atoms with van der Waals surface area (Å²) in [6, 6.07) is 7.71. The van der Waals surface area contributed by atoms with Crippen LogP contribution in [0, 0.1) is 0 Å². The van der Waals surface area contributed by atoms with Crippen molar-refractivity contribution in [1.29, 1.82) is 0 Å². The van der Waals surface area contributed by atoms with Crippen molar-refractivity contribution >= 4 is 47.0 Å². The number of hydrogen-bond donors (Lipinski definition) is 1. The molecule has 2 amide bonds. The molecule has 1 aliphatic heterocycles. The predicted octanol–water partition coefficient (Wildman–Crippen LogP) is 4.35. The molecule has 0 radical (unpaired) electrons. The zero-order valence-electron chi connectivity index (χ0n) is 16.4. The zero-order valence-corrected chi connectivity index (χ0v) is 17.9. The van der Waals surface area contributed by atoms with Gasteiger partial charge in [0, 0.05) is 22.7 Å². The van der Waals surface area contributed by atoms with Gasteiger partial charge in [-0.3, -0.25) is 4.79 Å². The molecule has 3 aliphatic rings. The van der Waals surface area contributed by atoms with Gasteiger partial charge >= 0.3 is 5.91 Å². The van der Waals surface area contributed by atoms with Crippen LogP contribution in [-0.4, -0.2) is 40.4 Å². The number of fused-ring (bicyclic) bond motifs is 1. The molecule has 1 N–H and O–H groups in total. The maximum Gasteiger partial charge on any atom is 0.425 e. The highest BCUT2D eigenvalue weighted by Crippen LogP contribution is 2.33. The molecule has 0 aromatic heterocycles. The number of thioether (sulfide) groups is 1. The molecule has 0 bridgehead atoms. The number of amides is 2. The highest BCUT2D eigenvalue weighted by molar-refractivity contribution is 8.05. The number of nitrogens with one attached hydrogen (secondary N) is 1. The third-order valence-electron chi connectivity index (χ3n) is 5.55. The lowest BCUT2D eigenvalue weighted by Gasteiger charge is -2.24. The van der Waals surface area contributed by atoms with Gasteiger partial charge in [-0.15, -0.1) is 0 Å². The number of carbonyl (C=O) groups is 2. The van der Waals surface area contributed by atoms with Gasteiger partial charge in [0.15, 0.2) is 0 Å². The summed E-state index contributed by atoms with van der Waals surface area (Å²) < 4.78 is 1.65. The lowest BCUT2D eigenvalue weighted by molar-refractivity contribution is -0.413. The fraction of sp³-hybridized carbons (Fsp3) is 0.348. The summed E-state index contributed by atoms with van der Waals surface area (Å²) in [6.07, 6.45) is 13.3. The highest BCUT2D eigenvalue weighted by Gasteiger charge is 2.38. The summed E-state index contributed by atoms with van der Waals surface area (Å²) >= 11 is 7.57. The van der Waals surface area contributed by atoms with Crippen molar-refractivity contribution in [3.63, 3.8) is 0 Å². The third-order valence-corrected chi connectivity index (χ3v) is 6.99. The van der Waals surface area contributed by atoms with E-state index < -0.39 is 0 Å². The largest absolute Gasteiger partial charge is 0.425 e. The van der Waals surface area contributed by atoms with Crippen LogP contribution < -0.4 is 5.32 Å². The maximum atomic E-state index is 12.9. The number of rotatable bonds is 3. The number of benzene rings is 1. The molecule has 1 atom stereocenters. The first-order valence-electron chi connectivity index (χ1n) is 10.0. The van der Waals surface area contributed by atoms with E-state index in [-0.39, 0.29) is 23.1 Å². The van der Waals surface area contributed by atoms with E-state index in [1.54, 1.807) is 11.6 Å². The molecule has 1 aromatic carbocycles. The molecule has 2 aliphatic carbocycles. The van der Waals surface area contributed by atoms with Gasteiger partial charge in [0.1, 0.15) is 17.2 Å². The zero-order chi connectivity index (χ0) is 20.4. The molecule has 6 heteroatoms. The number of carbonyl (C=O) groups excluding carboxylic acids is 2. The van der Waals surface area contributed by atoms with Gasteiger partial charge in [-0.2, -0.15) is 4.58 Å². The van der Waals surface area contributed by atoms with Gasteiger partial charge in [0.05, 0.1) is 0 Å². The van der Waals surface area contributed by atoms with Crippen LogP contribution >= 0.6 is 23.4 Å². The molecule has 29 heavy (non-hydrogen) atoms.